The van der Waals surface area contributed by atoms with Crippen molar-refractivity contribution in [3.8, 4) is 0 Å². The highest BCUT2D eigenvalue weighted by atomic mass is 15.0. The van der Waals surface area contributed by atoms with E-state index in [1.807, 2.05) is 10.8 Å². The van der Waals surface area contributed by atoms with Gasteiger partial charge in [0.2, 0.25) is 0 Å². The number of aryl methyl sites for hydroxylation is 1. The first-order valence-electron chi connectivity index (χ1n) is 6.09. The minimum Gasteiger partial charge on any atom is -0.336 e. The Bertz CT molecular complexity index is 431. The quantitative estimate of drug-likeness (QED) is 0.856. The molecule has 3 nitrogen and oxygen atoms in total. The SMILES string of the molecule is CCCc1ccc(C(N)Cn2ccnc2)cc1. The van der Waals surface area contributed by atoms with Gasteiger partial charge >= 0.3 is 0 Å². The fourth-order valence-electron chi connectivity index (χ4n) is 1.95. The summed E-state index contributed by atoms with van der Waals surface area (Å²) in [5, 5.41) is 0. The van der Waals surface area contributed by atoms with E-state index in [1.54, 1.807) is 12.5 Å². The van der Waals surface area contributed by atoms with Gasteiger partial charge in [-0.25, -0.2) is 4.98 Å². The van der Waals surface area contributed by atoms with Crippen LogP contribution in [0.1, 0.15) is 30.5 Å². The largest absolute Gasteiger partial charge is 0.336 e. The molecule has 2 aromatic rings. The lowest BCUT2D eigenvalue weighted by atomic mass is 10.0. The molecule has 1 heterocycles. The molecule has 0 spiro atoms. The van der Waals surface area contributed by atoms with Gasteiger partial charge in [-0.3, -0.25) is 0 Å². The highest BCUT2D eigenvalue weighted by molar-refractivity contribution is 5.24. The summed E-state index contributed by atoms with van der Waals surface area (Å²) in [6.45, 7) is 2.96. The van der Waals surface area contributed by atoms with E-state index < -0.39 is 0 Å². The molecule has 2 rings (SSSR count). The molecule has 0 radical (unpaired) electrons. The normalized spacial score (nSPS) is 12.6. The van der Waals surface area contributed by atoms with E-state index in [0.29, 0.717) is 0 Å². The van der Waals surface area contributed by atoms with Crippen LogP contribution in [0.3, 0.4) is 0 Å². The molecule has 0 saturated heterocycles. The fourth-order valence-corrected chi connectivity index (χ4v) is 1.95. The number of aromatic nitrogens is 2. The lowest BCUT2D eigenvalue weighted by molar-refractivity contribution is 0.576. The van der Waals surface area contributed by atoms with Crippen molar-refractivity contribution in [2.24, 2.45) is 5.73 Å². The van der Waals surface area contributed by atoms with Crippen LogP contribution in [0.2, 0.25) is 0 Å². The first-order chi connectivity index (χ1) is 8.29. The van der Waals surface area contributed by atoms with E-state index in [9.17, 15) is 0 Å². The molecule has 0 aliphatic heterocycles. The van der Waals surface area contributed by atoms with Crippen LogP contribution in [0.5, 0.6) is 0 Å². The van der Waals surface area contributed by atoms with Crippen molar-refractivity contribution < 1.29 is 0 Å². The van der Waals surface area contributed by atoms with Crippen LogP contribution in [-0.4, -0.2) is 9.55 Å². The summed E-state index contributed by atoms with van der Waals surface area (Å²) in [6, 6.07) is 8.64. The number of hydrogen-bond acceptors (Lipinski definition) is 2. The van der Waals surface area contributed by atoms with Crippen molar-refractivity contribution >= 4 is 0 Å². The van der Waals surface area contributed by atoms with Crippen LogP contribution < -0.4 is 5.73 Å². The Morgan fingerprint density at radius 1 is 1.29 bits per heavy atom. The van der Waals surface area contributed by atoms with Gasteiger partial charge in [0.15, 0.2) is 0 Å². The maximum absolute atomic E-state index is 6.16. The second kappa shape index (κ2) is 5.64. The number of benzene rings is 1. The summed E-state index contributed by atoms with van der Waals surface area (Å²) in [5.41, 5.74) is 8.72. The standard InChI is InChI=1S/C14H19N3/c1-2-3-12-4-6-13(7-5-12)14(15)10-17-9-8-16-11-17/h4-9,11,14H,2-3,10,15H2,1H3. The Hall–Kier alpha value is -1.61. The Morgan fingerprint density at radius 3 is 2.65 bits per heavy atom. The molecule has 90 valence electrons. The molecule has 2 N–H and O–H groups in total. The van der Waals surface area contributed by atoms with Crippen LogP contribution in [-0.2, 0) is 13.0 Å². The maximum atomic E-state index is 6.16. The van der Waals surface area contributed by atoms with Crippen molar-refractivity contribution in [1.82, 2.24) is 9.55 Å². The molecule has 0 aliphatic carbocycles. The minimum absolute atomic E-state index is 0.0277. The third kappa shape index (κ3) is 3.17. The summed E-state index contributed by atoms with van der Waals surface area (Å²) < 4.78 is 2.00. The van der Waals surface area contributed by atoms with Gasteiger partial charge in [0, 0.05) is 25.0 Å². The molecule has 1 aromatic heterocycles. The lowest BCUT2D eigenvalue weighted by Gasteiger charge is -2.13. The highest BCUT2D eigenvalue weighted by Crippen LogP contribution is 2.14. The van der Waals surface area contributed by atoms with E-state index in [2.05, 4.69) is 36.2 Å². The molecule has 17 heavy (non-hydrogen) atoms. The summed E-state index contributed by atoms with van der Waals surface area (Å²) in [5.74, 6) is 0. The van der Waals surface area contributed by atoms with Crippen molar-refractivity contribution in [1.29, 1.82) is 0 Å². The summed E-state index contributed by atoms with van der Waals surface area (Å²) >= 11 is 0. The zero-order valence-corrected chi connectivity index (χ0v) is 10.2. The summed E-state index contributed by atoms with van der Waals surface area (Å²) in [7, 11) is 0. The summed E-state index contributed by atoms with van der Waals surface area (Å²) in [4.78, 5) is 4.01. The Kier molecular flexibility index (Phi) is 3.94. The van der Waals surface area contributed by atoms with Gasteiger partial charge in [-0.05, 0) is 17.5 Å². The Balaban J connectivity index is 2.01. The summed E-state index contributed by atoms with van der Waals surface area (Å²) in [6.07, 6.45) is 7.82. The molecule has 0 fully saturated rings. The van der Waals surface area contributed by atoms with Crippen LogP contribution in [0.15, 0.2) is 43.0 Å². The van der Waals surface area contributed by atoms with E-state index >= 15 is 0 Å². The number of nitrogens with two attached hydrogens (primary N) is 1. The fraction of sp³-hybridized carbons (Fsp3) is 0.357. The molecule has 3 heteroatoms. The minimum atomic E-state index is 0.0277. The zero-order chi connectivity index (χ0) is 12.1. The van der Waals surface area contributed by atoms with E-state index in [-0.39, 0.29) is 6.04 Å². The van der Waals surface area contributed by atoms with Crippen molar-refractivity contribution in [3.05, 3.63) is 54.1 Å². The van der Waals surface area contributed by atoms with Gasteiger partial charge in [0.1, 0.15) is 0 Å². The van der Waals surface area contributed by atoms with Crippen molar-refractivity contribution in [3.63, 3.8) is 0 Å². The Morgan fingerprint density at radius 2 is 2.06 bits per heavy atom. The highest BCUT2D eigenvalue weighted by Gasteiger charge is 2.06. The van der Waals surface area contributed by atoms with Crippen molar-refractivity contribution in [2.45, 2.75) is 32.4 Å². The number of nitrogens with zero attached hydrogens (tertiary/aromatic N) is 2. The maximum Gasteiger partial charge on any atom is 0.0946 e. The van der Waals surface area contributed by atoms with Crippen molar-refractivity contribution in [2.75, 3.05) is 0 Å². The molecular weight excluding hydrogens is 210 g/mol. The van der Waals surface area contributed by atoms with E-state index in [0.717, 1.165) is 13.0 Å². The second-order valence-corrected chi connectivity index (χ2v) is 4.36. The van der Waals surface area contributed by atoms with Crippen LogP contribution in [0, 0.1) is 0 Å². The van der Waals surface area contributed by atoms with Gasteiger partial charge in [-0.1, -0.05) is 37.6 Å². The van der Waals surface area contributed by atoms with Gasteiger partial charge < -0.3 is 10.3 Å². The van der Waals surface area contributed by atoms with Gasteiger partial charge in [0.25, 0.3) is 0 Å². The number of imidazole rings is 1. The third-order valence-corrected chi connectivity index (χ3v) is 2.91. The molecule has 0 bridgehead atoms. The second-order valence-electron chi connectivity index (χ2n) is 4.36. The monoisotopic (exact) mass is 229 g/mol. The van der Waals surface area contributed by atoms with Crippen LogP contribution >= 0.6 is 0 Å². The number of hydrogen-bond donors (Lipinski definition) is 1. The van der Waals surface area contributed by atoms with Gasteiger partial charge in [-0.15, -0.1) is 0 Å². The first kappa shape index (κ1) is 11.9. The molecule has 1 atom stereocenters. The average molecular weight is 229 g/mol. The smallest absolute Gasteiger partial charge is 0.0946 e. The number of rotatable bonds is 5. The lowest BCUT2D eigenvalue weighted by Crippen LogP contribution is -2.16. The third-order valence-electron chi connectivity index (χ3n) is 2.91. The average Bonchev–Trinajstić information content (AvgIpc) is 2.83. The van der Waals surface area contributed by atoms with E-state index in [4.69, 9.17) is 5.73 Å². The molecule has 1 unspecified atom stereocenters. The first-order valence-corrected chi connectivity index (χ1v) is 6.09. The van der Waals surface area contributed by atoms with Gasteiger partial charge in [0.05, 0.1) is 6.33 Å². The topological polar surface area (TPSA) is 43.8 Å². The Labute approximate surface area is 102 Å². The molecule has 0 saturated carbocycles. The predicted molar refractivity (Wildman–Crippen MR) is 69.6 cm³/mol. The predicted octanol–water partition coefficient (Wildman–Crippen LogP) is 2.54. The van der Waals surface area contributed by atoms with Crippen LogP contribution in [0.25, 0.3) is 0 Å². The zero-order valence-electron chi connectivity index (χ0n) is 10.2. The molecule has 1 aromatic carbocycles. The van der Waals surface area contributed by atoms with Crippen LogP contribution in [0.4, 0.5) is 0 Å². The molecule has 0 aliphatic rings. The molecule has 0 amide bonds. The van der Waals surface area contributed by atoms with Gasteiger partial charge in [-0.2, -0.15) is 0 Å². The molecular formula is C14H19N3. The van der Waals surface area contributed by atoms with E-state index in [1.165, 1.54) is 17.5 Å².